The molecule has 3 nitrogen and oxygen atoms in total. The average molecular weight is 298 g/mol. The van der Waals surface area contributed by atoms with Gasteiger partial charge in [0.1, 0.15) is 5.82 Å². The number of nitrogens with one attached hydrogen (secondary N) is 1. The van der Waals surface area contributed by atoms with Gasteiger partial charge in [-0.1, -0.05) is 42.5 Å². The number of aromatic nitrogens is 2. The van der Waals surface area contributed by atoms with Crippen molar-refractivity contribution in [2.75, 3.05) is 11.9 Å². The highest BCUT2D eigenvalue weighted by Crippen LogP contribution is 2.22. The molecule has 21 heavy (non-hydrogen) atoms. The fourth-order valence-corrected chi connectivity index (χ4v) is 2.44. The molecule has 1 heterocycles. The van der Waals surface area contributed by atoms with E-state index in [4.69, 9.17) is 11.6 Å². The highest BCUT2D eigenvalue weighted by atomic mass is 35.5. The molecule has 0 spiro atoms. The van der Waals surface area contributed by atoms with Gasteiger partial charge in [-0.25, -0.2) is 9.97 Å². The van der Waals surface area contributed by atoms with E-state index in [9.17, 15) is 0 Å². The largest absolute Gasteiger partial charge is 0.367 e. The minimum atomic E-state index is -0.0983. The number of fused-ring (bicyclic) bond motifs is 1. The van der Waals surface area contributed by atoms with Crippen molar-refractivity contribution in [3.8, 4) is 0 Å². The maximum absolute atomic E-state index is 6.42. The van der Waals surface area contributed by atoms with E-state index >= 15 is 0 Å². The number of hydrogen-bond acceptors (Lipinski definition) is 3. The molecule has 0 radical (unpaired) electrons. The molecule has 0 aliphatic rings. The Labute approximate surface area is 129 Å². The second-order valence-electron chi connectivity index (χ2n) is 4.91. The topological polar surface area (TPSA) is 37.8 Å². The molecule has 3 rings (SSSR count). The number of para-hydroxylation sites is 2. The van der Waals surface area contributed by atoms with Crippen LogP contribution in [-0.4, -0.2) is 16.5 Å². The Morgan fingerprint density at radius 2 is 1.57 bits per heavy atom. The Hall–Kier alpha value is -2.13. The van der Waals surface area contributed by atoms with Crippen LogP contribution in [0.25, 0.3) is 11.0 Å². The first-order valence-corrected chi connectivity index (χ1v) is 7.34. The zero-order valence-electron chi connectivity index (χ0n) is 11.8. The second kappa shape index (κ2) is 6.10. The summed E-state index contributed by atoms with van der Waals surface area (Å²) in [6.45, 7) is 2.56. The summed E-state index contributed by atoms with van der Waals surface area (Å²) in [6, 6.07) is 17.9. The van der Waals surface area contributed by atoms with Gasteiger partial charge in [-0.05, 0) is 24.6 Å². The monoisotopic (exact) mass is 297 g/mol. The lowest BCUT2D eigenvalue weighted by Crippen LogP contribution is -2.11. The maximum Gasteiger partial charge on any atom is 0.148 e. The number of rotatable bonds is 4. The SMILES string of the molecule is Cc1nc2ccccc2nc1NCC(Cl)c1ccccc1. The van der Waals surface area contributed by atoms with Crippen LogP contribution in [0.3, 0.4) is 0 Å². The van der Waals surface area contributed by atoms with Gasteiger partial charge < -0.3 is 5.32 Å². The summed E-state index contributed by atoms with van der Waals surface area (Å²) in [5.41, 5.74) is 3.77. The van der Waals surface area contributed by atoms with Gasteiger partial charge in [0.25, 0.3) is 0 Å². The Morgan fingerprint density at radius 3 is 2.29 bits per heavy atom. The number of aryl methyl sites for hydroxylation is 1. The van der Waals surface area contributed by atoms with E-state index in [0.29, 0.717) is 6.54 Å². The number of benzene rings is 2. The van der Waals surface area contributed by atoms with Gasteiger partial charge >= 0.3 is 0 Å². The van der Waals surface area contributed by atoms with E-state index in [0.717, 1.165) is 28.1 Å². The first-order chi connectivity index (χ1) is 10.2. The fourth-order valence-electron chi connectivity index (χ4n) is 2.22. The summed E-state index contributed by atoms with van der Waals surface area (Å²) in [5.74, 6) is 0.787. The molecule has 1 atom stereocenters. The molecule has 1 N–H and O–H groups in total. The zero-order valence-corrected chi connectivity index (χ0v) is 12.5. The molecule has 0 aliphatic carbocycles. The van der Waals surface area contributed by atoms with Crippen LogP contribution >= 0.6 is 11.6 Å². The normalized spacial score (nSPS) is 12.3. The van der Waals surface area contributed by atoms with Crippen LogP contribution in [0.15, 0.2) is 54.6 Å². The highest BCUT2D eigenvalue weighted by Gasteiger charge is 2.09. The van der Waals surface area contributed by atoms with E-state index in [1.807, 2.05) is 61.5 Å². The molecule has 3 aromatic rings. The van der Waals surface area contributed by atoms with Crippen LogP contribution in [-0.2, 0) is 0 Å². The van der Waals surface area contributed by atoms with Crippen LogP contribution in [0.5, 0.6) is 0 Å². The predicted molar refractivity (Wildman–Crippen MR) is 87.8 cm³/mol. The number of alkyl halides is 1. The summed E-state index contributed by atoms with van der Waals surface area (Å²) in [7, 11) is 0. The Morgan fingerprint density at radius 1 is 0.952 bits per heavy atom. The lowest BCUT2D eigenvalue weighted by Gasteiger charge is -2.13. The van der Waals surface area contributed by atoms with Crippen molar-refractivity contribution >= 4 is 28.5 Å². The smallest absolute Gasteiger partial charge is 0.148 e. The molecule has 106 valence electrons. The van der Waals surface area contributed by atoms with Crippen LogP contribution in [0.1, 0.15) is 16.6 Å². The van der Waals surface area contributed by atoms with Crippen molar-refractivity contribution in [3.63, 3.8) is 0 Å². The number of anilines is 1. The summed E-state index contributed by atoms with van der Waals surface area (Å²) in [6.07, 6.45) is 0. The molecule has 0 saturated carbocycles. The van der Waals surface area contributed by atoms with Gasteiger partial charge in [-0.2, -0.15) is 0 Å². The molecule has 2 aromatic carbocycles. The Kier molecular flexibility index (Phi) is 4.02. The van der Waals surface area contributed by atoms with Gasteiger partial charge in [-0.15, -0.1) is 11.6 Å². The number of nitrogens with zero attached hydrogens (tertiary/aromatic N) is 2. The summed E-state index contributed by atoms with van der Waals surface area (Å²) < 4.78 is 0. The lowest BCUT2D eigenvalue weighted by molar-refractivity contribution is 0.961. The van der Waals surface area contributed by atoms with Crippen LogP contribution in [0.2, 0.25) is 0 Å². The van der Waals surface area contributed by atoms with Crippen LogP contribution in [0.4, 0.5) is 5.82 Å². The molecule has 1 aromatic heterocycles. The van der Waals surface area contributed by atoms with Gasteiger partial charge in [0.05, 0.1) is 22.1 Å². The minimum absolute atomic E-state index is 0.0983. The van der Waals surface area contributed by atoms with Crippen LogP contribution < -0.4 is 5.32 Å². The van der Waals surface area contributed by atoms with Gasteiger partial charge in [0, 0.05) is 6.54 Å². The van der Waals surface area contributed by atoms with E-state index in [-0.39, 0.29) is 5.38 Å². The van der Waals surface area contributed by atoms with Crippen LogP contribution in [0, 0.1) is 6.92 Å². The second-order valence-corrected chi connectivity index (χ2v) is 5.43. The van der Waals surface area contributed by atoms with E-state index in [2.05, 4.69) is 15.3 Å². The summed E-state index contributed by atoms with van der Waals surface area (Å²) in [5, 5.41) is 3.20. The first-order valence-electron chi connectivity index (χ1n) is 6.90. The van der Waals surface area contributed by atoms with Gasteiger partial charge in [0.2, 0.25) is 0 Å². The predicted octanol–water partition coefficient (Wildman–Crippen LogP) is 4.33. The number of hydrogen-bond donors (Lipinski definition) is 1. The van der Waals surface area contributed by atoms with E-state index in [1.54, 1.807) is 0 Å². The van der Waals surface area contributed by atoms with Crippen molar-refractivity contribution in [1.82, 2.24) is 9.97 Å². The third-order valence-corrected chi connectivity index (χ3v) is 3.76. The first kappa shape index (κ1) is 13.8. The molecule has 0 aliphatic heterocycles. The highest BCUT2D eigenvalue weighted by molar-refractivity contribution is 6.21. The zero-order chi connectivity index (χ0) is 14.7. The molecule has 0 bridgehead atoms. The van der Waals surface area contributed by atoms with Gasteiger partial charge in [-0.3, -0.25) is 0 Å². The van der Waals surface area contributed by atoms with Crippen molar-refractivity contribution in [1.29, 1.82) is 0 Å². The summed E-state index contributed by atoms with van der Waals surface area (Å²) in [4.78, 5) is 9.17. The fraction of sp³-hybridized carbons (Fsp3) is 0.176. The Balaban J connectivity index is 1.77. The van der Waals surface area contributed by atoms with Crippen molar-refractivity contribution in [3.05, 3.63) is 65.9 Å². The third kappa shape index (κ3) is 3.14. The van der Waals surface area contributed by atoms with Gasteiger partial charge in [0.15, 0.2) is 0 Å². The quantitative estimate of drug-likeness (QED) is 0.728. The van der Waals surface area contributed by atoms with E-state index < -0.39 is 0 Å². The lowest BCUT2D eigenvalue weighted by atomic mass is 10.1. The Bertz CT molecular complexity index is 743. The average Bonchev–Trinajstić information content (AvgIpc) is 2.53. The molecular weight excluding hydrogens is 282 g/mol. The van der Waals surface area contributed by atoms with E-state index in [1.165, 1.54) is 0 Å². The van der Waals surface area contributed by atoms with Crippen molar-refractivity contribution in [2.24, 2.45) is 0 Å². The van der Waals surface area contributed by atoms with Crippen molar-refractivity contribution in [2.45, 2.75) is 12.3 Å². The minimum Gasteiger partial charge on any atom is -0.367 e. The number of halogens is 1. The molecule has 1 unspecified atom stereocenters. The summed E-state index contributed by atoms with van der Waals surface area (Å²) >= 11 is 6.42. The maximum atomic E-state index is 6.42. The molecule has 0 amide bonds. The van der Waals surface area contributed by atoms with Crippen molar-refractivity contribution < 1.29 is 0 Å². The third-order valence-electron chi connectivity index (χ3n) is 3.35. The molecule has 0 saturated heterocycles. The molecular formula is C17H16ClN3. The molecule has 0 fully saturated rings. The standard InChI is InChI=1S/C17H16ClN3/c1-12-17(21-16-10-6-5-9-15(16)20-12)19-11-14(18)13-7-3-2-4-8-13/h2-10,14H,11H2,1H3,(H,19,21). The molecule has 4 heteroatoms.